The maximum Gasteiger partial charge on any atom is 0.316 e. The first-order valence-electron chi connectivity index (χ1n) is 8.40. The Labute approximate surface area is 136 Å². The monoisotopic (exact) mass is 320 g/mol. The molecule has 0 atom stereocenters. The molecule has 126 valence electrons. The minimum Gasteiger partial charge on any atom is -0.460 e. The third kappa shape index (κ3) is 4.87. The largest absolute Gasteiger partial charge is 0.460 e. The van der Waals surface area contributed by atoms with Gasteiger partial charge in [-0.15, -0.1) is 0 Å². The molecule has 2 saturated heterocycles. The number of aromatic nitrogens is 2. The van der Waals surface area contributed by atoms with Crippen LogP contribution in [0.15, 0.2) is 18.5 Å². The number of ether oxygens (including phenoxy) is 1. The minimum atomic E-state index is 0.0897. The van der Waals surface area contributed by atoms with Crippen LogP contribution < -0.4 is 4.74 Å². The third-order valence-electron chi connectivity index (χ3n) is 4.26. The molecule has 0 aromatic carbocycles. The summed E-state index contributed by atoms with van der Waals surface area (Å²) in [7, 11) is 0. The fourth-order valence-electron chi connectivity index (χ4n) is 2.92. The Balaban J connectivity index is 1.37. The maximum absolute atomic E-state index is 12.3. The highest BCUT2D eigenvalue weighted by atomic mass is 16.7. The van der Waals surface area contributed by atoms with Crippen molar-refractivity contribution < 1.29 is 14.4 Å². The van der Waals surface area contributed by atoms with Gasteiger partial charge in [-0.2, -0.15) is 5.06 Å². The van der Waals surface area contributed by atoms with Crippen molar-refractivity contribution in [3.63, 3.8) is 0 Å². The molecule has 0 N–H and O–H groups in total. The molecule has 3 rings (SSSR count). The molecule has 0 aliphatic carbocycles. The molecule has 23 heavy (non-hydrogen) atoms. The van der Waals surface area contributed by atoms with Gasteiger partial charge in [0.1, 0.15) is 6.10 Å². The molecule has 2 fully saturated rings. The van der Waals surface area contributed by atoms with E-state index in [9.17, 15) is 4.79 Å². The van der Waals surface area contributed by atoms with Gasteiger partial charge in [-0.3, -0.25) is 9.63 Å². The molecule has 2 aliphatic rings. The topological polar surface area (TPSA) is 67.8 Å². The van der Waals surface area contributed by atoms with E-state index in [-0.39, 0.29) is 12.0 Å². The van der Waals surface area contributed by atoms with Crippen molar-refractivity contribution in [3.05, 3.63) is 18.5 Å². The second kappa shape index (κ2) is 8.21. The standard InChI is InChI=1S/C16H24N4O3/c21-15(6-12-20-9-1-2-13-22-20)19-10-4-14(5-11-19)23-16-17-7-3-8-18-16/h3,7-8,14H,1-2,4-6,9-13H2. The van der Waals surface area contributed by atoms with E-state index in [1.54, 1.807) is 18.5 Å². The van der Waals surface area contributed by atoms with Gasteiger partial charge < -0.3 is 9.64 Å². The van der Waals surface area contributed by atoms with Crippen LogP contribution in [0.2, 0.25) is 0 Å². The molecule has 1 aromatic rings. The fourth-order valence-corrected chi connectivity index (χ4v) is 2.92. The van der Waals surface area contributed by atoms with Crippen LogP contribution in [0.5, 0.6) is 6.01 Å². The van der Waals surface area contributed by atoms with Crippen molar-refractivity contribution in [2.75, 3.05) is 32.8 Å². The molecule has 0 spiro atoms. The lowest BCUT2D eigenvalue weighted by atomic mass is 10.1. The van der Waals surface area contributed by atoms with Gasteiger partial charge in [0.05, 0.1) is 6.61 Å². The van der Waals surface area contributed by atoms with Crippen LogP contribution in [-0.2, 0) is 9.63 Å². The maximum atomic E-state index is 12.3. The summed E-state index contributed by atoms with van der Waals surface area (Å²) >= 11 is 0. The van der Waals surface area contributed by atoms with E-state index >= 15 is 0 Å². The number of amides is 1. The van der Waals surface area contributed by atoms with E-state index in [0.29, 0.717) is 19.0 Å². The van der Waals surface area contributed by atoms with Crippen molar-refractivity contribution in [2.24, 2.45) is 0 Å². The lowest BCUT2D eigenvalue weighted by Gasteiger charge is -2.32. The summed E-state index contributed by atoms with van der Waals surface area (Å²) in [5.41, 5.74) is 0. The van der Waals surface area contributed by atoms with E-state index in [2.05, 4.69) is 9.97 Å². The SMILES string of the molecule is O=C(CCN1CCCCO1)N1CCC(Oc2ncccn2)CC1. The van der Waals surface area contributed by atoms with Gasteiger partial charge in [-0.05, 0) is 18.9 Å². The van der Waals surface area contributed by atoms with Crippen LogP contribution in [0.1, 0.15) is 32.1 Å². The molecule has 0 saturated carbocycles. The molecule has 2 aliphatic heterocycles. The number of hydroxylamine groups is 2. The Morgan fingerprint density at radius 3 is 2.70 bits per heavy atom. The zero-order valence-electron chi connectivity index (χ0n) is 13.4. The number of hydrogen-bond acceptors (Lipinski definition) is 6. The third-order valence-corrected chi connectivity index (χ3v) is 4.26. The van der Waals surface area contributed by atoms with Gasteiger partial charge in [0.15, 0.2) is 0 Å². The summed E-state index contributed by atoms with van der Waals surface area (Å²) in [6, 6.07) is 2.18. The van der Waals surface area contributed by atoms with Crippen LogP contribution in [-0.4, -0.2) is 64.7 Å². The molecule has 1 aromatic heterocycles. The van der Waals surface area contributed by atoms with Crippen LogP contribution >= 0.6 is 0 Å². The van der Waals surface area contributed by atoms with Crippen LogP contribution in [0, 0.1) is 0 Å². The smallest absolute Gasteiger partial charge is 0.316 e. The fraction of sp³-hybridized carbons (Fsp3) is 0.688. The molecule has 1 amide bonds. The summed E-state index contributed by atoms with van der Waals surface area (Å²) in [4.78, 5) is 27.9. The van der Waals surface area contributed by atoms with Crippen molar-refractivity contribution >= 4 is 5.91 Å². The number of carbonyl (C=O) groups is 1. The molecule has 7 nitrogen and oxygen atoms in total. The lowest BCUT2D eigenvalue weighted by Crippen LogP contribution is -2.43. The van der Waals surface area contributed by atoms with Gasteiger partial charge in [0.25, 0.3) is 0 Å². The second-order valence-electron chi connectivity index (χ2n) is 5.95. The summed E-state index contributed by atoms with van der Waals surface area (Å²) in [6.45, 7) is 3.86. The van der Waals surface area contributed by atoms with E-state index < -0.39 is 0 Å². The summed E-state index contributed by atoms with van der Waals surface area (Å²) < 4.78 is 5.75. The predicted octanol–water partition coefficient (Wildman–Crippen LogP) is 1.26. The number of likely N-dealkylation sites (tertiary alicyclic amines) is 1. The molecular weight excluding hydrogens is 296 g/mol. The van der Waals surface area contributed by atoms with E-state index in [0.717, 1.165) is 51.9 Å². The van der Waals surface area contributed by atoms with Gasteiger partial charge >= 0.3 is 6.01 Å². The van der Waals surface area contributed by atoms with E-state index in [4.69, 9.17) is 9.57 Å². The molecular formula is C16H24N4O3. The molecule has 0 radical (unpaired) electrons. The number of piperidine rings is 1. The Bertz CT molecular complexity index is 485. The predicted molar refractivity (Wildman–Crippen MR) is 83.6 cm³/mol. The van der Waals surface area contributed by atoms with Crippen molar-refractivity contribution in [1.82, 2.24) is 19.9 Å². The summed E-state index contributed by atoms with van der Waals surface area (Å²) in [6.07, 6.45) is 7.86. The minimum absolute atomic E-state index is 0.0897. The van der Waals surface area contributed by atoms with Crippen LogP contribution in [0.3, 0.4) is 0 Å². The average molecular weight is 320 g/mol. The summed E-state index contributed by atoms with van der Waals surface area (Å²) in [5.74, 6) is 0.202. The highest BCUT2D eigenvalue weighted by Gasteiger charge is 2.25. The van der Waals surface area contributed by atoms with E-state index in [1.165, 1.54) is 0 Å². The molecule has 3 heterocycles. The Kier molecular flexibility index (Phi) is 5.76. The van der Waals surface area contributed by atoms with Gasteiger partial charge in [0.2, 0.25) is 5.91 Å². The Morgan fingerprint density at radius 1 is 1.22 bits per heavy atom. The first-order valence-corrected chi connectivity index (χ1v) is 8.40. The normalized spacial score (nSPS) is 20.4. The van der Waals surface area contributed by atoms with Crippen LogP contribution in [0.25, 0.3) is 0 Å². The first-order chi connectivity index (χ1) is 11.3. The van der Waals surface area contributed by atoms with E-state index in [1.807, 2.05) is 9.96 Å². The van der Waals surface area contributed by atoms with Crippen LogP contribution in [0.4, 0.5) is 0 Å². The first kappa shape index (κ1) is 16.1. The van der Waals surface area contributed by atoms with Crippen molar-refractivity contribution in [3.8, 4) is 6.01 Å². The highest BCUT2D eigenvalue weighted by molar-refractivity contribution is 5.76. The molecule has 0 bridgehead atoms. The quantitative estimate of drug-likeness (QED) is 0.814. The second-order valence-corrected chi connectivity index (χ2v) is 5.95. The summed E-state index contributed by atoms with van der Waals surface area (Å²) in [5, 5.41) is 1.92. The number of carbonyl (C=O) groups excluding carboxylic acids is 1. The van der Waals surface area contributed by atoms with Gasteiger partial charge in [0, 0.05) is 57.8 Å². The zero-order valence-corrected chi connectivity index (χ0v) is 13.4. The average Bonchev–Trinajstić information content (AvgIpc) is 2.62. The number of hydrogen-bond donors (Lipinski definition) is 0. The Hall–Kier alpha value is -1.73. The van der Waals surface area contributed by atoms with Gasteiger partial charge in [-0.1, -0.05) is 0 Å². The number of rotatable bonds is 5. The van der Waals surface area contributed by atoms with Crippen molar-refractivity contribution in [2.45, 2.75) is 38.2 Å². The van der Waals surface area contributed by atoms with Crippen molar-refractivity contribution in [1.29, 1.82) is 0 Å². The highest BCUT2D eigenvalue weighted by Crippen LogP contribution is 2.16. The van der Waals surface area contributed by atoms with Gasteiger partial charge in [-0.25, -0.2) is 9.97 Å². The molecule has 0 unspecified atom stereocenters. The molecule has 7 heteroatoms. The number of nitrogens with zero attached hydrogens (tertiary/aromatic N) is 4. The Morgan fingerprint density at radius 2 is 2.00 bits per heavy atom. The lowest BCUT2D eigenvalue weighted by molar-refractivity contribution is -0.182. The zero-order chi connectivity index (χ0) is 15.9.